The number of hydrogen-bond donors (Lipinski definition) is 0. The van der Waals surface area contributed by atoms with Crippen molar-refractivity contribution in [1.29, 1.82) is 0 Å². The van der Waals surface area contributed by atoms with E-state index in [1.54, 1.807) is 6.92 Å². The van der Waals surface area contributed by atoms with E-state index in [0.717, 1.165) is 0 Å². The lowest BCUT2D eigenvalue weighted by Gasteiger charge is -2.10. The fraction of sp³-hybridized carbons (Fsp3) is 0.385. The fourth-order valence-corrected chi connectivity index (χ4v) is 2.02. The number of halogens is 3. The Bertz CT molecular complexity index is 728. The van der Waals surface area contributed by atoms with Crippen LogP contribution in [-0.2, 0) is 6.42 Å². The van der Waals surface area contributed by atoms with Gasteiger partial charge in [0.15, 0.2) is 0 Å². The van der Waals surface area contributed by atoms with Gasteiger partial charge in [-0.2, -0.15) is 18.2 Å². The monoisotopic (exact) mass is 330 g/mol. The number of hydrogen-bond acceptors (Lipinski definition) is 5. The van der Waals surface area contributed by atoms with Crippen LogP contribution in [0.3, 0.4) is 0 Å². The Morgan fingerprint density at radius 3 is 2.61 bits per heavy atom. The molecule has 2 rings (SSSR count). The summed E-state index contributed by atoms with van der Waals surface area (Å²) in [6, 6.07) is 2.49. The van der Waals surface area contributed by atoms with E-state index in [0.29, 0.717) is 5.69 Å². The maximum absolute atomic E-state index is 12.4. The van der Waals surface area contributed by atoms with E-state index < -0.39 is 23.9 Å². The number of aryl methyl sites for hydroxylation is 2. The molecule has 2 heterocycles. The summed E-state index contributed by atoms with van der Waals surface area (Å²) in [5.74, 6) is 0.0227. The van der Waals surface area contributed by atoms with Crippen molar-refractivity contribution < 1.29 is 22.8 Å². The highest BCUT2D eigenvalue weighted by Crippen LogP contribution is 2.27. The lowest BCUT2D eigenvalue weighted by molar-refractivity contribution is -0.384. The zero-order chi connectivity index (χ0) is 17.2. The predicted molar refractivity (Wildman–Crippen MR) is 73.7 cm³/mol. The van der Waals surface area contributed by atoms with Crippen LogP contribution in [0.25, 0.3) is 5.82 Å². The number of nitro groups is 1. The van der Waals surface area contributed by atoms with Gasteiger partial charge in [0.2, 0.25) is 11.7 Å². The highest BCUT2D eigenvalue weighted by molar-refractivity contribution is 5.49. The van der Waals surface area contributed by atoms with Gasteiger partial charge >= 0.3 is 11.9 Å². The minimum Gasteiger partial charge on any atom is -0.481 e. The molecule has 0 aliphatic carbocycles. The van der Waals surface area contributed by atoms with Crippen LogP contribution in [0.1, 0.15) is 17.9 Å². The Hall–Kier alpha value is -2.65. The van der Waals surface area contributed by atoms with E-state index in [2.05, 4.69) is 9.97 Å². The standard InChI is InChI=1S/C13H13F3N4O3/c1-8-7-19(10(17-8)5-6-13(14,15)16)12-9(20(21)22)3-4-11(18-12)23-2/h3-4,7H,5-6H2,1-2H3. The topological polar surface area (TPSA) is 83.1 Å². The molecular formula is C13H13F3N4O3. The van der Waals surface area contributed by atoms with Gasteiger partial charge in [-0.25, -0.2) is 4.98 Å². The molecule has 0 spiro atoms. The lowest BCUT2D eigenvalue weighted by atomic mass is 10.3. The Labute approximate surface area is 128 Å². The molecule has 124 valence electrons. The van der Waals surface area contributed by atoms with Crippen molar-refractivity contribution in [2.24, 2.45) is 0 Å². The summed E-state index contributed by atoms with van der Waals surface area (Å²) in [6.07, 6.45) is -4.44. The van der Waals surface area contributed by atoms with Crippen molar-refractivity contribution in [3.63, 3.8) is 0 Å². The number of pyridine rings is 1. The van der Waals surface area contributed by atoms with E-state index in [1.807, 2.05) is 0 Å². The first kappa shape index (κ1) is 16.7. The average Bonchev–Trinajstić information content (AvgIpc) is 2.84. The zero-order valence-corrected chi connectivity index (χ0v) is 12.3. The van der Waals surface area contributed by atoms with Crippen LogP contribution in [0.5, 0.6) is 5.88 Å². The summed E-state index contributed by atoms with van der Waals surface area (Å²) < 4.78 is 43.4. The quantitative estimate of drug-likeness (QED) is 0.622. The van der Waals surface area contributed by atoms with Crippen molar-refractivity contribution in [1.82, 2.24) is 14.5 Å². The molecule has 0 N–H and O–H groups in total. The van der Waals surface area contributed by atoms with Gasteiger partial charge in [0.05, 0.1) is 24.1 Å². The number of alkyl halides is 3. The minimum atomic E-state index is -4.35. The van der Waals surface area contributed by atoms with Gasteiger partial charge in [0.1, 0.15) is 5.82 Å². The number of rotatable bonds is 5. The van der Waals surface area contributed by atoms with Gasteiger partial charge in [0.25, 0.3) is 0 Å². The molecule has 0 unspecified atom stereocenters. The fourth-order valence-electron chi connectivity index (χ4n) is 2.02. The van der Waals surface area contributed by atoms with Gasteiger partial charge < -0.3 is 4.74 Å². The Morgan fingerprint density at radius 2 is 2.04 bits per heavy atom. The Kier molecular flexibility index (Phi) is 4.52. The summed E-state index contributed by atoms with van der Waals surface area (Å²) in [7, 11) is 1.33. The molecule has 0 amide bonds. The van der Waals surface area contributed by atoms with E-state index in [1.165, 1.54) is 30.0 Å². The summed E-state index contributed by atoms with van der Waals surface area (Å²) in [6.45, 7) is 1.58. The molecule has 23 heavy (non-hydrogen) atoms. The SMILES string of the molecule is COc1ccc([N+](=O)[O-])c(-n2cc(C)nc2CCC(F)(F)F)n1. The third-order valence-corrected chi connectivity index (χ3v) is 2.99. The Balaban J connectivity index is 2.51. The van der Waals surface area contributed by atoms with Crippen LogP contribution < -0.4 is 4.74 Å². The van der Waals surface area contributed by atoms with Gasteiger partial charge in [-0.1, -0.05) is 0 Å². The maximum Gasteiger partial charge on any atom is 0.389 e. The second-order valence-electron chi connectivity index (χ2n) is 4.74. The molecule has 2 aromatic rings. The number of methoxy groups -OCH3 is 1. The molecule has 0 aliphatic heterocycles. The molecule has 0 saturated carbocycles. The molecule has 0 atom stereocenters. The highest BCUT2D eigenvalue weighted by atomic mass is 19.4. The van der Waals surface area contributed by atoms with Crippen LogP contribution in [0.2, 0.25) is 0 Å². The predicted octanol–water partition coefficient (Wildman–Crippen LogP) is 2.99. The summed E-state index contributed by atoms with van der Waals surface area (Å²) in [5.41, 5.74) is 0.0811. The first-order chi connectivity index (χ1) is 10.7. The summed E-state index contributed by atoms with van der Waals surface area (Å²) in [4.78, 5) is 18.5. The van der Waals surface area contributed by atoms with Crippen LogP contribution in [0.4, 0.5) is 18.9 Å². The second kappa shape index (κ2) is 6.23. The molecule has 0 bridgehead atoms. The van der Waals surface area contributed by atoms with Gasteiger partial charge in [-0.15, -0.1) is 0 Å². The summed E-state index contributed by atoms with van der Waals surface area (Å²) in [5, 5.41) is 11.1. The molecular weight excluding hydrogens is 317 g/mol. The van der Waals surface area contributed by atoms with Crippen molar-refractivity contribution in [3.05, 3.63) is 40.0 Å². The molecule has 0 fully saturated rings. The number of ether oxygens (including phenoxy) is 1. The van der Waals surface area contributed by atoms with Crippen LogP contribution in [0.15, 0.2) is 18.3 Å². The van der Waals surface area contributed by atoms with Gasteiger partial charge in [0, 0.05) is 24.8 Å². The van der Waals surface area contributed by atoms with Crippen molar-refractivity contribution in [2.75, 3.05) is 7.11 Å². The third-order valence-electron chi connectivity index (χ3n) is 2.99. The highest BCUT2D eigenvalue weighted by Gasteiger charge is 2.29. The average molecular weight is 330 g/mol. The van der Waals surface area contributed by atoms with Crippen LogP contribution >= 0.6 is 0 Å². The normalized spacial score (nSPS) is 11.5. The number of imidazole rings is 1. The molecule has 10 heteroatoms. The van der Waals surface area contributed by atoms with E-state index in [9.17, 15) is 23.3 Å². The molecule has 0 saturated heterocycles. The van der Waals surface area contributed by atoms with Crippen LogP contribution in [-0.4, -0.2) is 32.7 Å². The molecule has 0 radical (unpaired) electrons. The molecule has 0 aliphatic rings. The van der Waals surface area contributed by atoms with E-state index >= 15 is 0 Å². The first-order valence-electron chi connectivity index (χ1n) is 6.52. The van der Waals surface area contributed by atoms with E-state index in [4.69, 9.17) is 4.74 Å². The second-order valence-corrected chi connectivity index (χ2v) is 4.74. The van der Waals surface area contributed by atoms with Gasteiger partial charge in [-0.05, 0) is 6.92 Å². The van der Waals surface area contributed by atoms with E-state index in [-0.39, 0.29) is 23.2 Å². The maximum atomic E-state index is 12.4. The van der Waals surface area contributed by atoms with Crippen molar-refractivity contribution >= 4 is 5.69 Å². The lowest BCUT2D eigenvalue weighted by Crippen LogP contribution is -2.12. The first-order valence-corrected chi connectivity index (χ1v) is 6.52. The third kappa shape index (κ3) is 3.96. The van der Waals surface area contributed by atoms with Crippen molar-refractivity contribution in [2.45, 2.75) is 25.9 Å². The zero-order valence-electron chi connectivity index (χ0n) is 12.3. The smallest absolute Gasteiger partial charge is 0.389 e. The molecule has 0 aromatic carbocycles. The van der Waals surface area contributed by atoms with Gasteiger partial charge in [-0.3, -0.25) is 14.7 Å². The molecule has 7 nitrogen and oxygen atoms in total. The Morgan fingerprint density at radius 1 is 1.35 bits per heavy atom. The molecule has 2 aromatic heterocycles. The van der Waals surface area contributed by atoms with Crippen molar-refractivity contribution in [3.8, 4) is 11.7 Å². The number of nitrogens with zero attached hydrogens (tertiary/aromatic N) is 4. The van der Waals surface area contributed by atoms with Crippen LogP contribution in [0, 0.1) is 17.0 Å². The number of aromatic nitrogens is 3. The minimum absolute atomic E-state index is 0.0451. The largest absolute Gasteiger partial charge is 0.481 e. The summed E-state index contributed by atoms with van der Waals surface area (Å²) >= 11 is 0.